The van der Waals surface area contributed by atoms with Crippen molar-refractivity contribution in [1.82, 2.24) is 10.0 Å². The highest BCUT2D eigenvalue weighted by Gasteiger charge is 2.35. The van der Waals surface area contributed by atoms with Crippen molar-refractivity contribution < 1.29 is 22.7 Å². The summed E-state index contributed by atoms with van der Waals surface area (Å²) in [6, 6.07) is 1.41. The van der Waals surface area contributed by atoms with Gasteiger partial charge in [-0.05, 0) is 30.8 Å². The number of halogens is 1. The van der Waals surface area contributed by atoms with Crippen LogP contribution in [0.2, 0.25) is 0 Å². The highest BCUT2D eigenvalue weighted by Crippen LogP contribution is 2.24. The van der Waals surface area contributed by atoms with Gasteiger partial charge >= 0.3 is 5.97 Å². The summed E-state index contributed by atoms with van der Waals surface area (Å²) in [6.45, 7) is 1.46. The second kappa shape index (κ2) is 8.41. The molecule has 0 bridgehead atoms. The Morgan fingerprint density at radius 3 is 2.78 bits per heavy atom. The fourth-order valence-electron chi connectivity index (χ4n) is 2.53. The molecule has 1 atom stereocenters. The lowest BCUT2D eigenvalue weighted by molar-refractivity contribution is 0.0602. The summed E-state index contributed by atoms with van der Waals surface area (Å²) >= 11 is 1.04. The molecule has 7 nitrogen and oxygen atoms in total. The van der Waals surface area contributed by atoms with Crippen LogP contribution in [-0.2, 0) is 19.5 Å². The summed E-state index contributed by atoms with van der Waals surface area (Å²) in [4.78, 5) is 11.7. The van der Waals surface area contributed by atoms with E-state index in [1.165, 1.54) is 13.2 Å². The lowest BCUT2D eigenvalue weighted by atomic mass is 9.99. The molecule has 23 heavy (non-hydrogen) atoms. The van der Waals surface area contributed by atoms with Crippen molar-refractivity contribution in [2.75, 3.05) is 33.9 Å². The number of sulfonamides is 1. The second-order valence-corrected chi connectivity index (χ2v) is 7.83. The molecule has 0 aromatic carbocycles. The van der Waals surface area contributed by atoms with Crippen LogP contribution in [0.1, 0.15) is 22.5 Å². The van der Waals surface area contributed by atoms with Gasteiger partial charge in [-0.15, -0.1) is 23.7 Å². The van der Waals surface area contributed by atoms with Gasteiger partial charge in [-0.2, -0.15) is 0 Å². The highest BCUT2D eigenvalue weighted by atomic mass is 35.5. The van der Waals surface area contributed by atoms with Gasteiger partial charge in [-0.3, -0.25) is 0 Å². The maximum Gasteiger partial charge on any atom is 0.349 e. The van der Waals surface area contributed by atoms with E-state index in [0.717, 1.165) is 30.7 Å². The van der Waals surface area contributed by atoms with E-state index in [4.69, 9.17) is 4.74 Å². The fourth-order valence-corrected chi connectivity index (χ4v) is 4.99. The summed E-state index contributed by atoms with van der Waals surface area (Å²) in [7, 11) is -0.971. The van der Waals surface area contributed by atoms with Crippen LogP contribution in [0.3, 0.4) is 0 Å². The van der Waals surface area contributed by atoms with Crippen molar-refractivity contribution in [2.45, 2.75) is 23.3 Å². The first-order valence-electron chi connectivity index (χ1n) is 6.83. The molecule has 2 N–H and O–H groups in total. The van der Waals surface area contributed by atoms with Gasteiger partial charge in [0.05, 0.1) is 19.3 Å². The van der Waals surface area contributed by atoms with Crippen LogP contribution in [0.25, 0.3) is 0 Å². The van der Waals surface area contributed by atoms with Crippen LogP contribution < -0.4 is 10.0 Å². The summed E-state index contributed by atoms with van der Waals surface area (Å²) in [5.74, 6) is -0.652. The lowest BCUT2D eigenvalue weighted by Crippen LogP contribution is -2.52. The zero-order chi connectivity index (χ0) is 16.2. The predicted octanol–water partition coefficient (Wildman–Crippen LogP) is 1.00. The van der Waals surface area contributed by atoms with Crippen molar-refractivity contribution in [3.05, 3.63) is 16.3 Å². The average molecular weight is 385 g/mol. The molecule has 0 saturated carbocycles. The number of hydrogen-bond acceptors (Lipinski definition) is 7. The summed E-state index contributed by atoms with van der Waals surface area (Å²) in [5, 5.41) is 4.85. The fraction of sp³-hybridized carbons (Fsp3) is 0.615. The van der Waals surface area contributed by atoms with Crippen LogP contribution >= 0.6 is 23.7 Å². The van der Waals surface area contributed by atoms with Crippen molar-refractivity contribution in [3.63, 3.8) is 0 Å². The van der Waals surface area contributed by atoms with Crippen molar-refractivity contribution in [1.29, 1.82) is 0 Å². The Bertz CT molecular complexity index is 626. The molecule has 1 aromatic rings. The molecule has 0 amide bonds. The molecule has 1 aromatic heterocycles. The third kappa shape index (κ3) is 4.65. The van der Waals surface area contributed by atoms with E-state index in [2.05, 4.69) is 14.8 Å². The van der Waals surface area contributed by atoms with Gasteiger partial charge in [0.15, 0.2) is 0 Å². The molecule has 1 unspecified atom stereocenters. The van der Waals surface area contributed by atoms with Gasteiger partial charge in [-0.25, -0.2) is 17.9 Å². The smallest absolute Gasteiger partial charge is 0.349 e. The number of methoxy groups -OCH3 is 2. The molecule has 0 spiro atoms. The maximum atomic E-state index is 12.5. The van der Waals surface area contributed by atoms with E-state index in [1.54, 1.807) is 12.5 Å². The molecular formula is C13H21ClN2O5S2. The molecule has 1 aliphatic rings. The Labute approximate surface area is 146 Å². The van der Waals surface area contributed by atoms with Gasteiger partial charge in [0.25, 0.3) is 0 Å². The number of rotatable bonds is 7. The number of thiophene rings is 1. The molecule has 2 rings (SSSR count). The zero-order valence-corrected chi connectivity index (χ0v) is 15.4. The molecule has 1 fully saturated rings. The summed E-state index contributed by atoms with van der Waals surface area (Å²) < 4.78 is 37.3. The molecule has 0 aliphatic carbocycles. The quantitative estimate of drug-likeness (QED) is 0.681. The molecule has 1 aliphatic heterocycles. The first-order chi connectivity index (χ1) is 10.4. The van der Waals surface area contributed by atoms with Crippen LogP contribution in [0.5, 0.6) is 0 Å². The van der Waals surface area contributed by atoms with Crippen molar-refractivity contribution in [2.24, 2.45) is 0 Å². The summed E-state index contributed by atoms with van der Waals surface area (Å²) in [5.41, 5.74) is -0.400. The Kier molecular flexibility index (Phi) is 7.43. The average Bonchev–Trinajstić information content (AvgIpc) is 3.15. The largest absolute Gasteiger partial charge is 0.465 e. The van der Waals surface area contributed by atoms with Crippen molar-refractivity contribution in [3.8, 4) is 0 Å². The molecular weight excluding hydrogens is 364 g/mol. The van der Waals surface area contributed by atoms with Crippen LogP contribution in [0.15, 0.2) is 16.3 Å². The van der Waals surface area contributed by atoms with E-state index < -0.39 is 21.5 Å². The molecule has 2 heterocycles. The second-order valence-electron chi connectivity index (χ2n) is 5.17. The van der Waals surface area contributed by atoms with E-state index >= 15 is 0 Å². The van der Waals surface area contributed by atoms with Gasteiger partial charge < -0.3 is 14.8 Å². The Morgan fingerprint density at radius 2 is 2.22 bits per heavy atom. The Balaban J connectivity index is 0.00000264. The molecule has 132 valence electrons. The van der Waals surface area contributed by atoms with E-state index in [9.17, 15) is 13.2 Å². The number of carbonyl (C=O) groups excluding carboxylic acids is 1. The van der Waals surface area contributed by atoms with Gasteiger partial charge in [0.1, 0.15) is 9.77 Å². The maximum absolute atomic E-state index is 12.5. The topological polar surface area (TPSA) is 93.7 Å². The predicted molar refractivity (Wildman–Crippen MR) is 89.9 cm³/mol. The number of nitrogens with one attached hydrogen (secondary N) is 2. The standard InChI is InChI=1S/C13H20N2O5S2.ClH/c1-19-9-13(5-3-6-14-13)8-15-22(17,18)10-4-7-21-11(10)12(16)20-2;/h4,7,14-15H,3,5-6,8-9H2,1-2H3;1H. The number of carbonyl (C=O) groups is 1. The molecule has 10 heteroatoms. The third-order valence-electron chi connectivity index (χ3n) is 3.64. The minimum absolute atomic E-state index is 0. The first kappa shape index (κ1) is 20.3. The monoisotopic (exact) mass is 384 g/mol. The van der Waals surface area contributed by atoms with Gasteiger partial charge in [-0.1, -0.05) is 0 Å². The minimum Gasteiger partial charge on any atom is -0.465 e. The van der Waals surface area contributed by atoms with Gasteiger partial charge in [0.2, 0.25) is 10.0 Å². The Hall–Kier alpha value is -0.710. The summed E-state index contributed by atoms with van der Waals surface area (Å²) in [6.07, 6.45) is 1.80. The molecule has 0 radical (unpaired) electrons. The van der Waals surface area contributed by atoms with Crippen LogP contribution in [0, 0.1) is 0 Å². The van der Waals surface area contributed by atoms with Crippen molar-refractivity contribution >= 4 is 39.7 Å². The SMILES string of the molecule is COCC1(CNS(=O)(=O)c2ccsc2C(=O)OC)CCCN1.Cl. The Morgan fingerprint density at radius 1 is 1.48 bits per heavy atom. The van der Waals surface area contributed by atoms with Gasteiger partial charge in [0, 0.05) is 13.7 Å². The van der Waals surface area contributed by atoms with E-state index in [0.29, 0.717) is 6.61 Å². The highest BCUT2D eigenvalue weighted by molar-refractivity contribution is 7.89. The van der Waals surface area contributed by atoms with Crippen LogP contribution in [-0.4, -0.2) is 53.8 Å². The van der Waals surface area contributed by atoms with E-state index in [1.807, 2.05) is 0 Å². The minimum atomic E-state index is -3.78. The first-order valence-corrected chi connectivity index (χ1v) is 9.20. The number of esters is 1. The number of ether oxygens (including phenoxy) is 2. The third-order valence-corrected chi connectivity index (χ3v) is 6.11. The molecule has 1 saturated heterocycles. The lowest BCUT2D eigenvalue weighted by Gasteiger charge is -2.28. The number of hydrogen-bond donors (Lipinski definition) is 2. The zero-order valence-electron chi connectivity index (χ0n) is 13.0. The van der Waals surface area contributed by atoms with E-state index in [-0.39, 0.29) is 28.7 Å². The van der Waals surface area contributed by atoms with Crippen LogP contribution in [0.4, 0.5) is 0 Å². The normalized spacial score (nSPS) is 21.0.